The van der Waals surface area contributed by atoms with Gasteiger partial charge in [0.2, 0.25) is 0 Å². The van der Waals surface area contributed by atoms with Crippen molar-refractivity contribution >= 4 is 49.5 Å². The molecule has 0 bridgehead atoms. The highest BCUT2D eigenvalue weighted by Crippen LogP contribution is 2.32. The molecule has 0 amide bonds. The zero-order chi connectivity index (χ0) is 18.3. The Kier molecular flexibility index (Phi) is 4.55. The average Bonchev–Trinajstić information content (AvgIpc) is 2.66. The SMILES string of the molecule is C[Si](C)c1ccc2ccccc2c1-c1c([Si](C)C)ccc2ccccc12. The lowest BCUT2D eigenvalue weighted by Crippen LogP contribution is -2.30. The van der Waals surface area contributed by atoms with Crippen LogP contribution in [0.4, 0.5) is 0 Å². The van der Waals surface area contributed by atoms with Crippen molar-refractivity contribution in [1.29, 1.82) is 0 Å². The molecule has 26 heavy (non-hydrogen) atoms. The van der Waals surface area contributed by atoms with Crippen molar-refractivity contribution in [2.45, 2.75) is 26.2 Å². The Morgan fingerprint density at radius 1 is 0.462 bits per heavy atom. The van der Waals surface area contributed by atoms with Crippen molar-refractivity contribution in [2.24, 2.45) is 0 Å². The predicted molar refractivity (Wildman–Crippen MR) is 121 cm³/mol. The first-order chi connectivity index (χ1) is 12.6. The van der Waals surface area contributed by atoms with Gasteiger partial charge in [-0.25, -0.2) is 0 Å². The van der Waals surface area contributed by atoms with Gasteiger partial charge in [0.15, 0.2) is 0 Å². The van der Waals surface area contributed by atoms with Crippen molar-refractivity contribution < 1.29 is 0 Å². The summed E-state index contributed by atoms with van der Waals surface area (Å²) >= 11 is 0. The molecule has 0 saturated heterocycles. The van der Waals surface area contributed by atoms with Gasteiger partial charge in [-0.3, -0.25) is 0 Å². The van der Waals surface area contributed by atoms with E-state index in [0.717, 1.165) is 0 Å². The molecule has 4 aromatic rings. The second-order valence-corrected chi connectivity index (χ2v) is 12.5. The molecule has 0 saturated carbocycles. The van der Waals surface area contributed by atoms with Gasteiger partial charge in [0.25, 0.3) is 0 Å². The molecular weight excluding hydrogens is 344 g/mol. The fourth-order valence-corrected chi connectivity index (χ4v) is 6.27. The number of hydrogen-bond acceptors (Lipinski definition) is 0. The largest absolute Gasteiger partial charge is 0.0800 e. The molecule has 0 atom stereocenters. The van der Waals surface area contributed by atoms with Gasteiger partial charge in [-0.15, -0.1) is 0 Å². The van der Waals surface area contributed by atoms with Gasteiger partial charge in [-0.1, -0.05) is 109 Å². The molecule has 2 heteroatoms. The smallest absolute Gasteiger partial charge is 0.0671 e. The second-order valence-electron chi connectivity index (χ2n) is 7.42. The molecule has 128 valence electrons. The third-order valence-corrected chi connectivity index (χ3v) is 8.17. The van der Waals surface area contributed by atoms with Crippen molar-refractivity contribution in [3.8, 4) is 11.1 Å². The van der Waals surface area contributed by atoms with E-state index in [1.807, 2.05) is 0 Å². The number of rotatable bonds is 3. The van der Waals surface area contributed by atoms with Crippen LogP contribution in [0, 0.1) is 0 Å². The molecule has 0 unspecified atom stereocenters. The highest BCUT2D eigenvalue weighted by atomic mass is 28.3. The summed E-state index contributed by atoms with van der Waals surface area (Å²) in [6.07, 6.45) is 0. The zero-order valence-electron chi connectivity index (χ0n) is 15.9. The van der Waals surface area contributed by atoms with Gasteiger partial charge in [0.1, 0.15) is 0 Å². The molecule has 0 aliphatic carbocycles. The van der Waals surface area contributed by atoms with E-state index in [1.165, 1.54) is 32.7 Å². The third kappa shape index (κ3) is 2.83. The van der Waals surface area contributed by atoms with Crippen LogP contribution in [0.2, 0.25) is 26.2 Å². The molecule has 4 rings (SSSR count). The van der Waals surface area contributed by atoms with E-state index in [-0.39, 0.29) is 0 Å². The minimum atomic E-state index is -0.578. The van der Waals surface area contributed by atoms with Crippen LogP contribution in [0.15, 0.2) is 72.8 Å². The summed E-state index contributed by atoms with van der Waals surface area (Å²) in [7, 11) is -1.16. The molecule has 0 nitrogen and oxygen atoms in total. The topological polar surface area (TPSA) is 0 Å². The Hall–Kier alpha value is -2.17. The Bertz CT molecular complexity index is 1000. The van der Waals surface area contributed by atoms with Gasteiger partial charge in [-0.05, 0) is 32.7 Å². The van der Waals surface area contributed by atoms with Crippen LogP contribution in [-0.4, -0.2) is 17.6 Å². The third-order valence-electron chi connectivity index (χ3n) is 5.19. The summed E-state index contributed by atoms with van der Waals surface area (Å²) < 4.78 is 0. The number of hydrogen-bond donors (Lipinski definition) is 0. The molecule has 0 aliphatic heterocycles. The van der Waals surface area contributed by atoms with Crippen LogP contribution < -0.4 is 10.4 Å². The minimum absolute atomic E-state index is 0.578. The zero-order valence-corrected chi connectivity index (χ0v) is 17.9. The van der Waals surface area contributed by atoms with E-state index < -0.39 is 17.6 Å². The van der Waals surface area contributed by atoms with E-state index in [0.29, 0.717) is 0 Å². The molecule has 0 heterocycles. The Labute approximate surface area is 159 Å². The van der Waals surface area contributed by atoms with Crippen LogP contribution >= 0.6 is 0 Å². The Morgan fingerprint density at radius 2 is 0.846 bits per heavy atom. The van der Waals surface area contributed by atoms with Gasteiger partial charge < -0.3 is 0 Å². The monoisotopic (exact) mass is 368 g/mol. The Balaban J connectivity index is 2.23. The van der Waals surface area contributed by atoms with Crippen molar-refractivity contribution in [1.82, 2.24) is 0 Å². The Morgan fingerprint density at radius 3 is 1.23 bits per heavy atom. The summed E-state index contributed by atoms with van der Waals surface area (Å²) in [5, 5.41) is 8.59. The summed E-state index contributed by atoms with van der Waals surface area (Å²) in [6, 6.07) is 27.1. The van der Waals surface area contributed by atoms with Gasteiger partial charge in [0, 0.05) is 0 Å². The fourth-order valence-electron chi connectivity index (χ4n) is 3.92. The highest BCUT2D eigenvalue weighted by Gasteiger charge is 2.20. The predicted octanol–water partition coefficient (Wildman–Crippen LogP) is 5.58. The molecule has 0 aromatic heterocycles. The van der Waals surface area contributed by atoms with E-state index in [2.05, 4.69) is 99.0 Å². The number of fused-ring (bicyclic) bond motifs is 2. The molecule has 4 aromatic carbocycles. The lowest BCUT2D eigenvalue weighted by molar-refractivity contribution is 1.71. The maximum Gasteiger partial charge on any atom is 0.0800 e. The van der Waals surface area contributed by atoms with Gasteiger partial charge >= 0.3 is 0 Å². The van der Waals surface area contributed by atoms with Crippen molar-refractivity contribution in [3.05, 3.63) is 72.8 Å². The molecular formula is C24H24Si2. The van der Waals surface area contributed by atoms with Crippen molar-refractivity contribution in [2.75, 3.05) is 0 Å². The van der Waals surface area contributed by atoms with Crippen LogP contribution in [0.1, 0.15) is 0 Å². The van der Waals surface area contributed by atoms with Crippen LogP contribution in [-0.2, 0) is 0 Å². The van der Waals surface area contributed by atoms with E-state index in [9.17, 15) is 0 Å². The summed E-state index contributed by atoms with van der Waals surface area (Å²) in [5.41, 5.74) is 2.97. The molecule has 0 fully saturated rings. The first-order valence-electron chi connectivity index (χ1n) is 9.23. The first kappa shape index (κ1) is 17.3. The van der Waals surface area contributed by atoms with E-state index in [4.69, 9.17) is 0 Å². The van der Waals surface area contributed by atoms with Gasteiger partial charge in [-0.2, -0.15) is 0 Å². The second kappa shape index (κ2) is 6.86. The molecule has 0 N–H and O–H groups in total. The normalized spacial score (nSPS) is 11.8. The first-order valence-corrected chi connectivity index (χ1v) is 14.2. The highest BCUT2D eigenvalue weighted by molar-refractivity contribution is 6.75. The number of benzene rings is 4. The summed E-state index contributed by atoms with van der Waals surface area (Å²) in [6.45, 7) is 9.64. The van der Waals surface area contributed by atoms with Crippen LogP contribution in [0.5, 0.6) is 0 Å². The van der Waals surface area contributed by atoms with Crippen LogP contribution in [0.25, 0.3) is 32.7 Å². The standard InChI is InChI=1S/C24H24Si2/c1-25(2)21-15-13-17-9-5-7-11-19(17)23(21)24-20-12-8-6-10-18(20)14-16-22(24)26(3)4/h5-16H,1-4H3. The van der Waals surface area contributed by atoms with Crippen LogP contribution in [0.3, 0.4) is 0 Å². The lowest BCUT2D eigenvalue weighted by Gasteiger charge is -2.21. The quantitative estimate of drug-likeness (QED) is 0.414. The van der Waals surface area contributed by atoms with E-state index in [1.54, 1.807) is 10.4 Å². The average molecular weight is 369 g/mol. The maximum atomic E-state index is 2.41. The molecule has 2 radical (unpaired) electrons. The van der Waals surface area contributed by atoms with E-state index >= 15 is 0 Å². The fraction of sp³-hybridized carbons (Fsp3) is 0.167. The minimum Gasteiger partial charge on any atom is -0.0671 e. The lowest BCUT2D eigenvalue weighted by atomic mass is 9.93. The maximum absolute atomic E-state index is 2.41. The molecule has 0 spiro atoms. The molecule has 0 aliphatic rings. The van der Waals surface area contributed by atoms with Crippen molar-refractivity contribution in [3.63, 3.8) is 0 Å². The summed E-state index contributed by atoms with van der Waals surface area (Å²) in [4.78, 5) is 0. The summed E-state index contributed by atoms with van der Waals surface area (Å²) in [5.74, 6) is 0. The van der Waals surface area contributed by atoms with Gasteiger partial charge in [0.05, 0.1) is 17.6 Å².